The predicted octanol–water partition coefficient (Wildman–Crippen LogP) is 5.07. The number of benzene rings is 3. The number of carbonyl (C=O) groups excluding carboxylic acids is 1. The zero-order valence-corrected chi connectivity index (χ0v) is 20.5. The Balaban J connectivity index is 1.67. The Bertz CT molecular complexity index is 1350. The highest BCUT2D eigenvalue weighted by atomic mass is 16.5. The lowest BCUT2D eigenvalue weighted by Gasteiger charge is -2.29. The van der Waals surface area contributed by atoms with E-state index in [1.165, 1.54) is 5.56 Å². The second-order valence-electron chi connectivity index (χ2n) is 8.48. The summed E-state index contributed by atoms with van der Waals surface area (Å²) in [6.07, 6.45) is 0.912. The molecule has 0 aliphatic rings. The Kier molecular flexibility index (Phi) is 7.73. The van der Waals surface area contributed by atoms with Crippen molar-refractivity contribution in [1.29, 1.82) is 0 Å². The highest BCUT2D eigenvalue weighted by Gasteiger charge is 2.26. The number of aromatic nitrogens is 2. The van der Waals surface area contributed by atoms with Gasteiger partial charge in [0.05, 0.1) is 29.2 Å². The van der Waals surface area contributed by atoms with Gasteiger partial charge in [-0.1, -0.05) is 61.5 Å². The molecule has 1 aromatic heterocycles. The fraction of sp³-hybridized carbons (Fsp3) is 0.276. The Morgan fingerprint density at radius 3 is 2.31 bits per heavy atom. The van der Waals surface area contributed by atoms with Gasteiger partial charge in [0.25, 0.3) is 5.56 Å². The number of aryl methyl sites for hydroxylation is 1. The topological polar surface area (TPSA) is 64.4 Å². The van der Waals surface area contributed by atoms with Gasteiger partial charge < -0.3 is 9.64 Å². The van der Waals surface area contributed by atoms with Gasteiger partial charge in [0.15, 0.2) is 0 Å². The van der Waals surface area contributed by atoms with Crippen molar-refractivity contribution in [3.63, 3.8) is 0 Å². The average Bonchev–Trinajstić information content (AvgIpc) is 2.90. The summed E-state index contributed by atoms with van der Waals surface area (Å²) >= 11 is 0. The van der Waals surface area contributed by atoms with Gasteiger partial charge in [-0.2, -0.15) is 0 Å². The number of hydrogen-bond donors (Lipinski definition) is 0. The number of likely N-dealkylation sites (N-methyl/N-ethyl adjacent to an activating group) is 1. The van der Waals surface area contributed by atoms with Crippen LogP contribution in [-0.4, -0.2) is 33.5 Å². The molecule has 0 aliphatic carbocycles. The van der Waals surface area contributed by atoms with E-state index in [-0.39, 0.29) is 18.1 Å². The van der Waals surface area contributed by atoms with Crippen LogP contribution in [0.15, 0.2) is 83.7 Å². The van der Waals surface area contributed by atoms with E-state index in [1.807, 2.05) is 86.6 Å². The lowest BCUT2D eigenvalue weighted by atomic mass is 10.1. The van der Waals surface area contributed by atoms with Crippen molar-refractivity contribution in [2.45, 2.75) is 39.8 Å². The third-order valence-electron chi connectivity index (χ3n) is 6.24. The summed E-state index contributed by atoms with van der Waals surface area (Å²) in [4.78, 5) is 33.3. The van der Waals surface area contributed by atoms with Crippen LogP contribution in [0, 0.1) is 0 Å². The van der Waals surface area contributed by atoms with Crippen molar-refractivity contribution in [1.82, 2.24) is 14.5 Å². The molecule has 0 fully saturated rings. The van der Waals surface area contributed by atoms with Gasteiger partial charge in [0.1, 0.15) is 12.4 Å². The molecule has 0 saturated carbocycles. The highest BCUT2D eigenvalue weighted by molar-refractivity contribution is 5.79. The van der Waals surface area contributed by atoms with Gasteiger partial charge in [-0.3, -0.25) is 14.2 Å². The predicted molar refractivity (Wildman–Crippen MR) is 139 cm³/mol. The van der Waals surface area contributed by atoms with Crippen LogP contribution in [0.25, 0.3) is 16.6 Å². The minimum atomic E-state index is -0.434. The summed E-state index contributed by atoms with van der Waals surface area (Å²) in [5.41, 5.74) is 3.40. The third kappa shape index (κ3) is 5.33. The molecule has 3 aromatic carbocycles. The molecule has 1 atom stereocenters. The SMILES string of the molecule is CCc1ccc(-n2c(C(C)N(CC)C(=O)COCc3ccccc3)nc3ccccc3c2=O)cc1. The maximum Gasteiger partial charge on any atom is 0.266 e. The summed E-state index contributed by atoms with van der Waals surface area (Å²) in [6.45, 7) is 6.71. The zero-order valence-electron chi connectivity index (χ0n) is 20.5. The highest BCUT2D eigenvalue weighted by Crippen LogP contribution is 2.23. The quantitative estimate of drug-likeness (QED) is 0.343. The molecule has 1 amide bonds. The summed E-state index contributed by atoms with van der Waals surface area (Å²) in [7, 11) is 0. The number of nitrogens with zero attached hydrogens (tertiary/aromatic N) is 3. The zero-order chi connectivity index (χ0) is 24.8. The first-order chi connectivity index (χ1) is 17.0. The van der Waals surface area contributed by atoms with Crippen LogP contribution in [0.1, 0.15) is 43.8 Å². The van der Waals surface area contributed by atoms with Crippen LogP contribution in [0.3, 0.4) is 0 Å². The molecule has 1 unspecified atom stereocenters. The van der Waals surface area contributed by atoms with Crippen molar-refractivity contribution < 1.29 is 9.53 Å². The molecule has 0 aliphatic heterocycles. The van der Waals surface area contributed by atoms with Crippen LogP contribution in [-0.2, 0) is 22.6 Å². The number of rotatable bonds is 9. The summed E-state index contributed by atoms with van der Waals surface area (Å²) in [5, 5.41) is 0.545. The second-order valence-corrected chi connectivity index (χ2v) is 8.48. The summed E-state index contributed by atoms with van der Waals surface area (Å²) in [5.74, 6) is 0.377. The minimum Gasteiger partial charge on any atom is -0.367 e. The molecular weight excluding hydrogens is 438 g/mol. The first kappa shape index (κ1) is 24.4. The molecule has 0 spiro atoms. The Hall–Kier alpha value is -3.77. The van der Waals surface area contributed by atoms with E-state index in [4.69, 9.17) is 9.72 Å². The number of hydrogen-bond acceptors (Lipinski definition) is 4. The number of para-hydroxylation sites is 1. The third-order valence-corrected chi connectivity index (χ3v) is 6.24. The van der Waals surface area contributed by atoms with Crippen LogP contribution in [0.5, 0.6) is 0 Å². The van der Waals surface area contributed by atoms with Gasteiger partial charge in [0, 0.05) is 6.54 Å². The van der Waals surface area contributed by atoms with Gasteiger partial charge in [-0.15, -0.1) is 0 Å². The molecule has 4 aromatic rings. The maximum atomic E-state index is 13.6. The van der Waals surface area contributed by atoms with E-state index in [1.54, 1.807) is 15.5 Å². The standard InChI is InChI=1S/C29H31N3O3/c1-4-22-15-17-24(18-16-22)32-28(30-26-14-10-9-13-25(26)29(32)34)21(3)31(5-2)27(33)20-35-19-23-11-7-6-8-12-23/h6-18,21H,4-5,19-20H2,1-3H3. The number of amides is 1. The molecule has 1 heterocycles. The van der Waals surface area contributed by atoms with Gasteiger partial charge in [-0.05, 0) is 55.7 Å². The largest absolute Gasteiger partial charge is 0.367 e. The summed E-state index contributed by atoms with van der Waals surface area (Å²) in [6, 6.07) is 24.6. The fourth-order valence-corrected chi connectivity index (χ4v) is 4.28. The maximum absolute atomic E-state index is 13.6. The molecule has 6 heteroatoms. The fourth-order valence-electron chi connectivity index (χ4n) is 4.28. The van der Waals surface area contributed by atoms with Crippen LogP contribution in [0.4, 0.5) is 0 Å². The first-order valence-corrected chi connectivity index (χ1v) is 12.1. The lowest BCUT2D eigenvalue weighted by Crippen LogP contribution is -2.39. The van der Waals surface area contributed by atoms with E-state index >= 15 is 0 Å². The lowest BCUT2D eigenvalue weighted by molar-refractivity contribution is -0.138. The van der Waals surface area contributed by atoms with E-state index in [0.717, 1.165) is 17.7 Å². The Labute approximate surface area is 205 Å². The average molecular weight is 470 g/mol. The molecule has 180 valence electrons. The number of ether oxygens (including phenoxy) is 1. The molecule has 0 saturated heterocycles. The Morgan fingerprint density at radius 2 is 1.63 bits per heavy atom. The Morgan fingerprint density at radius 1 is 0.943 bits per heavy atom. The van der Waals surface area contributed by atoms with Crippen LogP contribution in [0.2, 0.25) is 0 Å². The van der Waals surface area contributed by atoms with E-state index in [2.05, 4.69) is 6.92 Å². The molecule has 6 nitrogen and oxygen atoms in total. The molecule has 0 N–H and O–H groups in total. The molecule has 4 rings (SSSR count). The smallest absolute Gasteiger partial charge is 0.266 e. The van der Waals surface area contributed by atoms with Gasteiger partial charge in [0.2, 0.25) is 5.91 Å². The van der Waals surface area contributed by atoms with Crippen LogP contribution >= 0.6 is 0 Å². The van der Waals surface area contributed by atoms with Crippen molar-refractivity contribution >= 4 is 16.8 Å². The van der Waals surface area contributed by atoms with Crippen molar-refractivity contribution in [3.8, 4) is 5.69 Å². The van der Waals surface area contributed by atoms with Crippen molar-refractivity contribution in [2.75, 3.05) is 13.2 Å². The van der Waals surface area contributed by atoms with Crippen molar-refractivity contribution in [3.05, 3.63) is 106 Å². The van der Waals surface area contributed by atoms with Crippen LogP contribution < -0.4 is 5.56 Å². The van der Waals surface area contributed by atoms with Crippen molar-refractivity contribution in [2.24, 2.45) is 0 Å². The minimum absolute atomic E-state index is 0.0456. The van der Waals surface area contributed by atoms with Gasteiger partial charge in [-0.25, -0.2) is 4.98 Å². The second kappa shape index (κ2) is 11.1. The van der Waals surface area contributed by atoms with Gasteiger partial charge >= 0.3 is 0 Å². The molecule has 35 heavy (non-hydrogen) atoms. The molecule has 0 bridgehead atoms. The first-order valence-electron chi connectivity index (χ1n) is 12.1. The van der Waals surface area contributed by atoms with E-state index < -0.39 is 6.04 Å². The number of carbonyl (C=O) groups is 1. The number of fused-ring (bicyclic) bond motifs is 1. The van der Waals surface area contributed by atoms with E-state index in [0.29, 0.717) is 29.9 Å². The molecular formula is C29H31N3O3. The monoisotopic (exact) mass is 469 g/mol. The van der Waals surface area contributed by atoms with E-state index in [9.17, 15) is 9.59 Å². The summed E-state index contributed by atoms with van der Waals surface area (Å²) < 4.78 is 7.34. The molecule has 0 radical (unpaired) electrons. The normalized spacial score (nSPS) is 12.0.